The highest BCUT2D eigenvalue weighted by atomic mass is 32.2. The first-order valence-electron chi connectivity index (χ1n) is 3.85. The SMILES string of the molecule is CCCSCCC(C)C. The lowest BCUT2D eigenvalue weighted by molar-refractivity contribution is 0.632. The van der Waals surface area contributed by atoms with E-state index in [0.29, 0.717) is 0 Å². The molecule has 0 saturated heterocycles. The first-order chi connectivity index (χ1) is 4.27. The summed E-state index contributed by atoms with van der Waals surface area (Å²) < 4.78 is 0. The van der Waals surface area contributed by atoms with Crippen LogP contribution in [0.5, 0.6) is 0 Å². The molecule has 0 atom stereocenters. The minimum Gasteiger partial charge on any atom is -0.162 e. The predicted octanol–water partition coefficient (Wildman–Crippen LogP) is 3.18. The third-order valence-electron chi connectivity index (χ3n) is 1.19. The van der Waals surface area contributed by atoms with Gasteiger partial charge in [-0.3, -0.25) is 0 Å². The second-order valence-corrected chi connectivity index (χ2v) is 4.02. The van der Waals surface area contributed by atoms with Gasteiger partial charge in [0.1, 0.15) is 0 Å². The summed E-state index contributed by atoms with van der Waals surface area (Å²) in [6.45, 7) is 6.81. The van der Waals surface area contributed by atoms with Gasteiger partial charge in [-0.05, 0) is 30.3 Å². The predicted molar refractivity (Wildman–Crippen MR) is 47.1 cm³/mol. The van der Waals surface area contributed by atoms with Gasteiger partial charge < -0.3 is 0 Å². The maximum absolute atomic E-state index is 2.28. The summed E-state index contributed by atoms with van der Waals surface area (Å²) in [7, 11) is 0. The van der Waals surface area contributed by atoms with Crippen LogP contribution in [0.2, 0.25) is 0 Å². The van der Waals surface area contributed by atoms with Crippen LogP contribution < -0.4 is 0 Å². The van der Waals surface area contributed by atoms with Crippen molar-refractivity contribution in [3.63, 3.8) is 0 Å². The molecular formula is C8H18S. The number of hydrogen-bond acceptors (Lipinski definition) is 1. The third-order valence-corrected chi connectivity index (χ3v) is 2.41. The van der Waals surface area contributed by atoms with Gasteiger partial charge in [-0.1, -0.05) is 20.8 Å². The van der Waals surface area contributed by atoms with Crippen LogP contribution in [0, 0.1) is 5.92 Å². The zero-order chi connectivity index (χ0) is 7.11. The minimum absolute atomic E-state index is 0.884. The first-order valence-corrected chi connectivity index (χ1v) is 5.00. The number of hydrogen-bond donors (Lipinski definition) is 0. The summed E-state index contributed by atoms with van der Waals surface area (Å²) in [6, 6.07) is 0. The van der Waals surface area contributed by atoms with Crippen molar-refractivity contribution >= 4 is 11.8 Å². The highest BCUT2D eigenvalue weighted by Crippen LogP contribution is 2.08. The van der Waals surface area contributed by atoms with Crippen LogP contribution in [-0.4, -0.2) is 11.5 Å². The molecule has 0 fully saturated rings. The molecule has 0 bridgehead atoms. The fourth-order valence-electron chi connectivity index (χ4n) is 0.565. The van der Waals surface area contributed by atoms with E-state index < -0.39 is 0 Å². The van der Waals surface area contributed by atoms with E-state index in [1.54, 1.807) is 0 Å². The van der Waals surface area contributed by atoms with Gasteiger partial charge in [0.25, 0.3) is 0 Å². The molecule has 0 aliphatic rings. The van der Waals surface area contributed by atoms with Gasteiger partial charge in [-0.2, -0.15) is 11.8 Å². The summed E-state index contributed by atoms with van der Waals surface area (Å²) in [6.07, 6.45) is 2.70. The molecule has 0 aromatic heterocycles. The summed E-state index contributed by atoms with van der Waals surface area (Å²) in [5.41, 5.74) is 0. The Labute approximate surface area is 63.4 Å². The third kappa shape index (κ3) is 8.35. The molecule has 0 rings (SSSR count). The van der Waals surface area contributed by atoms with Crippen LogP contribution in [-0.2, 0) is 0 Å². The highest BCUT2D eigenvalue weighted by Gasteiger charge is 1.91. The van der Waals surface area contributed by atoms with Crippen LogP contribution in [0.1, 0.15) is 33.6 Å². The Morgan fingerprint density at radius 2 is 1.89 bits per heavy atom. The van der Waals surface area contributed by atoms with Gasteiger partial charge in [0.15, 0.2) is 0 Å². The molecule has 0 aromatic rings. The average Bonchev–Trinajstić information content (AvgIpc) is 1.80. The Hall–Kier alpha value is 0.350. The van der Waals surface area contributed by atoms with Crippen LogP contribution in [0.25, 0.3) is 0 Å². The molecule has 9 heavy (non-hydrogen) atoms. The number of thioether (sulfide) groups is 1. The van der Waals surface area contributed by atoms with E-state index in [-0.39, 0.29) is 0 Å². The molecule has 0 saturated carbocycles. The van der Waals surface area contributed by atoms with Gasteiger partial charge in [0.2, 0.25) is 0 Å². The highest BCUT2D eigenvalue weighted by molar-refractivity contribution is 7.99. The van der Waals surface area contributed by atoms with Crippen molar-refractivity contribution in [3.8, 4) is 0 Å². The monoisotopic (exact) mass is 146 g/mol. The molecule has 0 N–H and O–H groups in total. The van der Waals surface area contributed by atoms with Crippen LogP contribution in [0.3, 0.4) is 0 Å². The van der Waals surface area contributed by atoms with Crippen molar-refractivity contribution in [1.29, 1.82) is 0 Å². The van der Waals surface area contributed by atoms with Crippen molar-refractivity contribution in [1.82, 2.24) is 0 Å². The second kappa shape index (κ2) is 6.47. The fourth-order valence-corrected chi connectivity index (χ4v) is 1.70. The lowest BCUT2D eigenvalue weighted by atomic mass is 10.2. The van der Waals surface area contributed by atoms with E-state index in [4.69, 9.17) is 0 Å². The van der Waals surface area contributed by atoms with Crippen LogP contribution in [0.4, 0.5) is 0 Å². The van der Waals surface area contributed by atoms with Gasteiger partial charge >= 0.3 is 0 Å². The van der Waals surface area contributed by atoms with Gasteiger partial charge in [0, 0.05) is 0 Å². The zero-order valence-corrected chi connectivity index (χ0v) is 7.63. The Morgan fingerprint density at radius 3 is 2.33 bits per heavy atom. The molecule has 0 radical (unpaired) electrons. The molecular weight excluding hydrogens is 128 g/mol. The van der Waals surface area contributed by atoms with Gasteiger partial charge in [-0.15, -0.1) is 0 Å². The standard InChI is InChI=1S/C8H18S/c1-4-6-9-7-5-8(2)3/h8H,4-7H2,1-3H3. The van der Waals surface area contributed by atoms with Gasteiger partial charge in [0.05, 0.1) is 0 Å². The second-order valence-electron chi connectivity index (χ2n) is 2.79. The van der Waals surface area contributed by atoms with Gasteiger partial charge in [-0.25, -0.2) is 0 Å². The summed E-state index contributed by atoms with van der Waals surface area (Å²) in [5, 5.41) is 0. The maximum atomic E-state index is 2.28. The smallest absolute Gasteiger partial charge is 0.00651 e. The number of rotatable bonds is 5. The zero-order valence-electron chi connectivity index (χ0n) is 6.81. The lowest BCUT2D eigenvalue weighted by Crippen LogP contribution is -1.89. The molecule has 0 heterocycles. The molecule has 0 unspecified atom stereocenters. The molecule has 0 amide bonds. The maximum Gasteiger partial charge on any atom is -0.00651 e. The van der Waals surface area contributed by atoms with Crippen LogP contribution >= 0.6 is 11.8 Å². The molecule has 0 nitrogen and oxygen atoms in total. The normalized spacial score (nSPS) is 10.7. The average molecular weight is 146 g/mol. The molecule has 0 aliphatic carbocycles. The quantitative estimate of drug-likeness (QED) is 0.537. The van der Waals surface area contributed by atoms with E-state index in [1.807, 2.05) is 0 Å². The van der Waals surface area contributed by atoms with E-state index >= 15 is 0 Å². The lowest BCUT2D eigenvalue weighted by Gasteiger charge is -2.01. The van der Waals surface area contributed by atoms with Crippen molar-refractivity contribution in [2.75, 3.05) is 11.5 Å². The first kappa shape index (κ1) is 9.35. The Kier molecular flexibility index (Phi) is 6.72. The summed E-state index contributed by atoms with van der Waals surface area (Å²) in [4.78, 5) is 0. The Balaban J connectivity index is 2.75. The summed E-state index contributed by atoms with van der Waals surface area (Å²) >= 11 is 2.08. The van der Waals surface area contributed by atoms with Crippen molar-refractivity contribution in [2.45, 2.75) is 33.6 Å². The molecule has 0 spiro atoms. The Morgan fingerprint density at radius 1 is 1.22 bits per heavy atom. The van der Waals surface area contributed by atoms with E-state index in [0.717, 1.165) is 5.92 Å². The molecule has 0 aliphatic heterocycles. The minimum atomic E-state index is 0.884. The van der Waals surface area contributed by atoms with E-state index in [9.17, 15) is 0 Å². The largest absolute Gasteiger partial charge is 0.162 e. The topological polar surface area (TPSA) is 0 Å². The molecule has 56 valence electrons. The van der Waals surface area contributed by atoms with E-state index in [2.05, 4.69) is 32.5 Å². The molecule has 0 aromatic carbocycles. The fraction of sp³-hybridized carbons (Fsp3) is 1.00. The Bertz CT molecular complexity index is 50.5. The molecule has 1 heteroatoms. The van der Waals surface area contributed by atoms with Crippen molar-refractivity contribution in [2.24, 2.45) is 5.92 Å². The summed E-state index contributed by atoms with van der Waals surface area (Å²) in [5.74, 6) is 3.58. The van der Waals surface area contributed by atoms with E-state index in [1.165, 1.54) is 24.3 Å². The van der Waals surface area contributed by atoms with Crippen molar-refractivity contribution < 1.29 is 0 Å². The van der Waals surface area contributed by atoms with Crippen molar-refractivity contribution in [3.05, 3.63) is 0 Å². The van der Waals surface area contributed by atoms with Crippen LogP contribution in [0.15, 0.2) is 0 Å².